The maximum absolute atomic E-state index is 12.6. The fourth-order valence-corrected chi connectivity index (χ4v) is 6.61. The molecule has 3 N–H and O–H groups in total. The van der Waals surface area contributed by atoms with Crippen molar-refractivity contribution in [1.29, 1.82) is 0 Å². The second-order valence-corrected chi connectivity index (χ2v) is 15.1. The maximum atomic E-state index is 12.6. The number of carbonyl (C=O) groups is 3. The van der Waals surface area contributed by atoms with Crippen LogP contribution in [0.3, 0.4) is 0 Å². The van der Waals surface area contributed by atoms with Crippen LogP contribution in [0, 0.1) is 0 Å². The van der Waals surface area contributed by atoms with Gasteiger partial charge < -0.3 is 24.6 Å². The number of hydrogen-bond acceptors (Lipinski definition) is 9. The largest absolute Gasteiger partial charge is 0.479 e. The zero-order valence-corrected chi connectivity index (χ0v) is 32.5. The number of carbonyl (C=O) groups excluding carboxylic acids is 2. The molecule has 0 aliphatic rings. The first-order chi connectivity index (χ1) is 24.1. The molecule has 3 atom stereocenters. The number of carboxylic acid groups (broad SMARTS) is 1. The minimum Gasteiger partial charge on any atom is -0.479 e. The van der Waals surface area contributed by atoms with Gasteiger partial charge in [0, 0.05) is 12.8 Å². The molecule has 0 aliphatic carbocycles. The second kappa shape index (κ2) is 34.6. The number of esters is 2. The number of rotatable bonds is 38. The predicted octanol–water partition coefficient (Wildman–Crippen LogP) is 9.98. The molecule has 296 valence electrons. The van der Waals surface area contributed by atoms with E-state index in [1.165, 1.54) is 116 Å². The van der Waals surface area contributed by atoms with Gasteiger partial charge in [-0.25, -0.2) is 9.36 Å². The van der Waals surface area contributed by atoms with Crippen molar-refractivity contribution in [2.24, 2.45) is 0 Å². The van der Waals surface area contributed by atoms with Crippen LogP contribution in [0.1, 0.15) is 194 Å². The first kappa shape index (κ1) is 48.5. The van der Waals surface area contributed by atoms with Gasteiger partial charge in [0.15, 0.2) is 12.2 Å². The summed E-state index contributed by atoms with van der Waals surface area (Å²) in [5.74, 6) is -2.67. The normalized spacial score (nSPS) is 13.8. The van der Waals surface area contributed by atoms with Crippen molar-refractivity contribution < 1.29 is 52.6 Å². The van der Waals surface area contributed by atoms with Crippen LogP contribution in [0.2, 0.25) is 0 Å². The summed E-state index contributed by atoms with van der Waals surface area (Å²) in [7, 11) is -4.93. The lowest BCUT2D eigenvalue weighted by atomic mass is 10.0. The Hall–Kier alpha value is -1.52. The average molecular weight is 737 g/mol. The van der Waals surface area contributed by atoms with Gasteiger partial charge in [0.2, 0.25) is 0 Å². The summed E-state index contributed by atoms with van der Waals surface area (Å²) >= 11 is 0. The molecule has 0 bridgehead atoms. The first-order valence-electron chi connectivity index (χ1n) is 20.0. The van der Waals surface area contributed by atoms with Crippen molar-refractivity contribution >= 4 is 25.7 Å². The molecule has 50 heavy (non-hydrogen) atoms. The molecule has 0 aromatic heterocycles. The van der Waals surface area contributed by atoms with E-state index in [1.54, 1.807) is 0 Å². The predicted molar refractivity (Wildman–Crippen MR) is 197 cm³/mol. The SMILES string of the molecule is CCCCCCCCCCCCCCCCCC(=O)OC(COC(=O)CCCCCCCCCCCCC)COP(=O)(O)OC(CO)C(=O)O. The molecule has 0 radical (unpaired) electrons. The Morgan fingerprint density at radius 1 is 0.560 bits per heavy atom. The summed E-state index contributed by atoms with van der Waals surface area (Å²) in [6.45, 7) is 2.36. The lowest BCUT2D eigenvalue weighted by molar-refractivity contribution is -0.161. The van der Waals surface area contributed by atoms with E-state index < -0.39 is 51.2 Å². The molecule has 0 amide bonds. The molecule has 0 spiro atoms. The van der Waals surface area contributed by atoms with E-state index in [0.29, 0.717) is 12.8 Å². The number of ether oxygens (including phenoxy) is 2. The standard InChI is InChI=1S/C38H73O11P/c1-3-5-7-9-11-13-15-16-17-18-20-22-24-26-28-30-37(41)48-34(33-47-50(44,45)49-35(31-39)38(42)43)32-46-36(40)29-27-25-23-21-19-14-12-10-8-6-4-2/h34-35,39H,3-33H2,1-2H3,(H,42,43)(H,44,45). The molecule has 0 rings (SSSR count). The van der Waals surface area contributed by atoms with Crippen molar-refractivity contribution in [3.8, 4) is 0 Å². The number of hydrogen-bond donors (Lipinski definition) is 3. The Kier molecular flexibility index (Phi) is 33.5. The van der Waals surface area contributed by atoms with Crippen LogP contribution in [0.25, 0.3) is 0 Å². The third-order valence-electron chi connectivity index (χ3n) is 8.82. The zero-order valence-electron chi connectivity index (χ0n) is 31.6. The van der Waals surface area contributed by atoms with E-state index in [2.05, 4.69) is 18.4 Å². The molecule has 0 fully saturated rings. The van der Waals surface area contributed by atoms with E-state index in [4.69, 9.17) is 24.2 Å². The lowest BCUT2D eigenvalue weighted by Gasteiger charge is -2.21. The molecular formula is C38H73O11P. The summed E-state index contributed by atoms with van der Waals surface area (Å²) in [4.78, 5) is 45.9. The van der Waals surface area contributed by atoms with Crippen molar-refractivity contribution in [2.45, 2.75) is 206 Å². The zero-order chi connectivity index (χ0) is 37.1. The highest BCUT2D eigenvalue weighted by atomic mass is 31.2. The fraction of sp³-hybridized carbons (Fsp3) is 0.921. The van der Waals surface area contributed by atoms with Gasteiger partial charge in [-0.3, -0.25) is 18.6 Å². The molecular weight excluding hydrogens is 663 g/mol. The quantitative estimate of drug-likeness (QED) is 0.0314. The minimum absolute atomic E-state index is 0.139. The topological polar surface area (TPSA) is 166 Å². The number of phosphoric acid groups is 1. The highest BCUT2D eigenvalue weighted by molar-refractivity contribution is 7.47. The van der Waals surface area contributed by atoms with E-state index >= 15 is 0 Å². The third-order valence-corrected chi connectivity index (χ3v) is 9.82. The van der Waals surface area contributed by atoms with Crippen molar-refractivity contribution in [3.63, 3.8) is 0 Å². The Balaban J connectivity index is 4.41. The van der Waals surface area contributed by atoms with Gasteiger partial charge in [-0.1, -0.05) is 168 Å². The average Bonchev–Trinajstić information content (AvgIpc) is 3.08. The van der Waals surface area contributed by atoms with E-state index in [1.807, 2.05) is 0 Å². The number of aliphatic hydroxyl groups excluding tert-OH is 1. The van der Waals surface area contributed by atoms with Crippen molar-refractivity contribution in [1.82, 2.24) is 0 Å². The molecule has 0 aliphatic heterocycles. The molecule has 3 unspecified atom stereocenters. The van der Waals surface area contributed by atoms with E-state index in [9.17, 15) is 23.8 Å². The van der Waals surface area contributed by atoms with Crippen LogP contribution in [-0.4, -0.2) is 65.0 Å². The monoisotopic (exact) mass is 736 g/mol. The van der Waals surface area contributed by atoms with Gasteiger partial charge in [-0.15, -0.1) is 0 Å². The number of phosphoric ester groups is 1. The van der Waals surface area contributed by atoms with Crippen LogP contribution < -0.4 is 0 Å². The Bertz CT molecular complexity index is 870. The smallest absolute Gasteiger partial charge is 0.473 e. The van der Waals surface area contributed by atoms with Gasteiger partial charge >= 0.3 is 25.7 Å². The second-order valence-electron chi connectivity index (χ2n) is 13.7. The van der Waals surface area contributed by atoms with Gasteiger partial charge in [0.1, 0.15) is 6.61 Å². The number of unbranched alkanes of at least 4 members (excludes halogenated alkanes) is 24. The molecule has 0 aromatic carbocycles. The summed E-state index contributed by atoms with van der Waals surface area (Å²) in [5.41, 5.74) is 0. The van der Waals surface area contributed by atoms with Crippen LogP contribution in [0.4, 0.5) is 0 Å². The van der Waals surface area contributed by atoms with Crippen LogP contribution >= 0.6 is 7.82 Å². The fourth-order valence-electron chi connectivity index (χ4n) is 5.72. The molecule has 11 nitrogen and oxygen atoms in total. The Morgan fingerprint density at radius 2 is 0.920 bits per heavy atom. The molecule has 0 aromatic rings. The molecule has 12 heteroatoms. The molecule has 0 saturated heterocycles. The maximum Gasteiger partial charge on any atom is 0.473 e. The van der Waals surface area contributed by atoms with Crippen LogP contribution in [0.15, 0.2) is 0 Å². The Morgan fingerprint density at radius 3 is 1.28 bits per heavy atom. The van der Waals surface area contributed by atoms with E-state index in [0.717, 1.165) is 38.5 Å². The number of aliphatic carboxylic acids is 1. The van der Waals surface area contributed by atoms with Gasteiger partial charge in [-0.2, -0.15) is 0 Å². The Labute approximate surface area is 303 Å². The lowest BCUT2D eigenvalue weighted by Crippen LogP contribution is -2.31. The summed E-state index contributed by atoms with van der Waals surface area (Å²) in [5, 5.41) is 18.1. The molecule has 0 saturated carbocycles. The van der Waals surface area contributed by atoms with Gasteiger partial charge in [0.25, 0.3) is 0 Å². The highest BCUT2D eigenvalue weighted by Crippen LogP contribution is 2.44. The summed E-state index contributed by atoms with van der Waals surface area (Å²) in [6.07, 6.45) is 27.9. The van der Waals surface area contributed by atoms with Crippen LogP contribution in [-0.2, 0) is 37.5 Å². The van der Waals surface area contributed by atoms with Gasteiger partial charge in [-0.05, 0) is 12.8 Å². The highest BCUT2D eigenvalue weighted by Gasteiger charge is 2.32. The van der Waals surface area contributed by atoms with E-state index in [-0.39, 0.29) is 19.4 Å². The van der Waals surface area contributed by atoms with Crippen molar-refractivity contribution in [2.75, 3.05) is 19.8 Å². The van der Waals surface area contributed by atoms with Crippen molar-refractivity contribution in [3.05, 3.63) is 0 Å². The number of aliphatic hydroxyl groups is 1. The minimum atomic E-state index is -4.93. The van der Waals surface area contributed by atoms with Gasteiger partial charge in [0.05, 0.1) is 13.2 Å². The molecule has 0 heterocycles. The first-order valence-corrected chi connectivity index (χ1v) is 21.5. The third kappa shape index (κ3) is 32.4. The summed E-state index contributed by atoms with van der Waals surface area (Å²) in [6, 6.07) is 0. The van der Waals surface area contributed by atoms with Crippen LogP contribution in [0.5, 0.6) is 0 Å². The number of carboxylic acids is 1. The summed E-state index contributed by atoms with van der Waals surface area (Å²) < 4.78 is 32.3.